The van der Waals surface area contributed by atoms with E-state index in [0.29, 0.717) is 5.56 Å². The van der Waals surface area contributed by atoms with Crippen LogP contribution in [-0.2, 0) is 0 Å². The molecule has 0 radical (unpaired) electrons. The first kappa shape index (κ1) is 24.7. The van der Waals surface area contributed by atoms with Gasteiger partial charge in [-0.05, 0) is 82.4 Å². The topological polar surface area (TPSA) is 65.1 Å². The molecular formula is C35H31N3O. The first-order valence-electron chi connectivity index (χ1n) is 13.3. The Morgan fingerprint density at radius 1 is 0.872 bits per heavy atom. The maximum Gasteiger partial charge on any atom is 0.143 e. The SMILES string of the molecule is CC1=NC(=C(c2[nH]c(C)c(C#N)c2C)c2c(C)cc(C)cc2C)C(C)=C1c1cccc2c1oc1ccccc12. The van der Waals surface area contributed by atoms with E-state index in [1.54, 1.807) is 0 Å². The van der Waals surface area contributed by atoms with Crippen LogP contribution in [0.4, 0.5) is 0 Å². The van der Waals surface area contributed by atoms with Crippen molar-refractivity contribution in [2.75, 3.05) is 0 Å². The van der Waals surface area contributed by atoms with Crippen molar-refractivity contribution >= 4 is 38.8 Å². The smallest absolute Gasteiger partial charge is 0.143 e. The van der Waals surface area contributed by atoms with Crippen LogP contribution in [0.25, 0.3) is 33.1 Å². The number of aromatic amines is 1. The fourth-order valence-corrected chi connectivity index (χ4v) is 6.39. The summed E-state index contributed by atoms with van der Waals surface area (Å²) < 4.78 is 6.41. The van der Waals surface area contributed by atoms with Gasteiger partial charge < -0.3 is 9.40 Å². The molecule has 0 spiro atoms. The summed E-state index contributed by atoms with van der Waals surface area (Å²) in [6.45, 7) is 14.7. The third-order valence-corrected chi connectivity index (χ3v) is 8.01. The van der Waals surface area contributed by atoms with Crippen LogP contribution >= 0.6 is 0 Å². The van der Waals surface area contributed by atoms with Gasteiger partial charge in [0.05, 0.1) is 17.0 Å². The lowest BCUT2D eigenvalue weighted by Crippen LogP contribution is -2.02. The van der Waals surface area contributed by atoms with Gasteiger partial charge in [-0.3, -0.25) is 4.99 Å². The number of nitrogens with zero attached hydrogens (tertiary/aromatic N) is 2. The van der Waals surface area contributed by atoms with Crippen molar-refractivity contribution in [1.29, 1.82) is 5.26 Å². The Morgan fingerprint density at radius 3 is 2.26 bits per heavy atom. The van der Waals surface area contributed by atoms with Crippen molar-refractivity contribution in [1.82, 2.24) is 4.98 Å². The Hall–Kier alpha value is -4.62. The largest absolute Gasteiger partial charge is 0.455 e. The van der Waals surface area contributed by atoms with Gasteiger partial charge in [-0.25, -0.2) is 0 Å². The summed E-state index contributed by atoms with van der Waals surface area (Å²) in [6.07, 6.45) is 0. The molecule has 0 aliphatic carbocycles. The van der Waals surface area contributed by atoms with Crippen molar-refractivity contribution < 1.29 is 4.42 Å². The van der Waals surface area contributed by atoms with E-state index < -0.39 is 0 Å². The van der Waals surface area contributed by atoms with Crippen LogP contribution in [0.3, 0.4) is 0 Å². The number of hydrogen-bond acceptors (Lipinski definition) is 3. The summed E-state index contributed by atoms with van der Waals surface area (Å²) in [6, 6.07) is 21.4. The number of para-hydroxylation sites is 2. The molecule has 6 rings (SSSR count). The van der Waals surface area contributed by atoms with E-state index in [1.165, 1.54) is 16.7 Å². The number of allylic oxidation sites excluding steroid dienone is 2. The molecule has 0 amide bonds. The van der Waals surface area contributed by atoms with Gasteiger partial charge in [0.25, 0.3) is 0 Å². The number of aromatic nitrogens is 1. The van der Waals surface area contributed by atoms with Crippen LogP contribution < -0.4 is 0 Å². The predicted molar refractivity (Wildman–Crippen MR) is 161 cm³/mol. The molecule has 1 N–H and O–H groups in total. The van der Waals surface area contributed by atoms with Gasteiger partial charge in [0.1, 0.15) is 17.2 Å². The first-order valence-corrected chi connectivity index (χ1v) is 13.3. The van der Waals surface area contributed by atoms with E-state index in [1.807, 2.05) is 32.0 Å². The number of nitriles is 1. The Kier molecular flexibility index (Phi) is 5.70. The number of benzene rings is 3. The molecule has 0 saturated carbocycles. The molecule has 5 aromatic rings. The van der Waals surface area contributed by atoms with Crippen LogP contribution in [0.15, 0.2) is 75.3 Å². The zero-order chi connectivity index (χ0) is 27.6. The molecule has 192 valence electrons. The number of hydrogen-bond donors (Lipinski definition) is 1. The molecule has 3 aromatic carbocycles. The third kappa shape index (κ3) is 3.69. The van der Waals surface area contributed by atoms with Crippen LogP contribution in [-0.4, -0.2) is 10.7 Å². The highest BCUT2D eigenvalue weighted by atomic mass is 16.3. The van der Waals surface area contributed by atoms with Gasteiger partial charge >= 0.3 is 0 Å². The first-order chi connectivity index (χ1) is 18.7. The molecule has 1 aliphatic heterocycles. The van der Waals surface area contributed by atoms with Crippen LogP contribution in [0.2, 0.25) is 0 Å². The van der Waals surface area contributed by atoms with E-state index in [-0.39, 0.29) is 0 Å². The highest BCUT2D eigenvalue weighted by Gasteiger charge is 2.29. The lowest BCUT2D eigenvalue weighted by atomic mass is 9.87. The number of nitrogens with one attached hydrogen (secondary N) is 1. The number of rotatable bonds is 3. The summed E-state index contributed by atoms with van der Waals surface area (Å²) in [5, 5.41) is 12.1. The Bertz CT molecular complexity index is 1960. The maximum absolute atomic E-state index is 9.89. The van der Waals surface area contributed by atoms with Gasteiger partial charge in [0.15, 0.2) is 0 Å². The second-order valence-electron chi connectivity index (χ2n) is 10.7. The van der Waals surface area contributed by atoms with Crippen molar-refractivity contribution in [3.8, 4) is 6.07 Å². The van der Waals surface area contributed by atoms with Gasteiger partial charge in [0, 0.05) is 38.9 Å². The summed E-state index contributed by atoms with van der Waals surface area (Å²) in [4.78, 5) is 8.78. The van der Waals surface area contributed by atoms with Crippen molar-refractivity contribution in [2.24, 2.45) is 4.99 Å². The zero-order valence-electron chi connectivity index (χ0n) is 23.5. The lowest BCUT2D eigenvalue weighted by Gasteiger charge is -2.18. The Labute approximate surface area is 229 Å². The zero-order valence-corrected chi connectivity index (χ0v) is 23.5. The standard InChI is InChI=1S/C35H31N3O/c1-18-15-19(2)30(20(3)16-18)32(33-21(4)28(17-36)23(6)37-33)34-22(5)31(24(7)38-34)27-13-10-12-26-25-11-8-9-14-29(25)39-35(26)27/h8-16,37H,1-7H3. The number of aliphatic imine (C=N–C) groups is 1. The Balaban J connectivity index is 1.70. The third-order valence-electron chi connectivity index (χ3n) is 8.01. The lowest BCUT2D eigenvalue weighted by molar-refractivity contribution is 0.668. The monoisotopic (exact) mass is 509 g/mol. The second-order valence-corrected chi connectivity index (χ2v) is 10.7. The summed E-state index contributed by atoms with van der Waals surface area (Å²) >= 11 is 0. The molecule has 0 fully saturated rings. The average Bonchev–Trinajstić information content (AvgIpc) is 3.51. The molecule has 0 atom stereocenters. The minimum absolute atomic E-state index is 0.693. The minimum atomic E-state index is 0.693. The average molecular weight is 510 g/mol. The fraction of sp³-hybridized carbons (Fsp3) is 0.200. The number of furan rings is 1. The van der Waals surface area contributed by atoms with E-state index >= 15 is 0 Å². The minimum Gasteiger partial charge on any atom is -0.455 e. The molecule has 0 unspecified atom stereocenters. The van der Waals surface area contributed by atoms with Crippen molar-refractivity contribution in [2.45, 2.75) is 48.5 Å². The quantitative estimate of drug-likeness (QED) is 0.264. The normalized spacial score (nSPS) is 14.9. The molecule has 1 aliphatic rings. The number of H-pyrrole nitrogens is 1. The van der Waals surface area contributed by atoms with E-state index in [0.717, 1.165) is 78.1 Å². The van der Waals surface area contributed by atoms with Crippen molar-refractivity contribution in [3.63, 3.8) is 0 Å². The van der Waals surface area contributed by atoms with E-state index in [9.17, 15) is 5.26 Å². The summed E-state index contributed by atoms with van der Waals surface area (Å²) in [7, 11) is 0. The van der Waals surface area contributed by atoms with Gasteiger partial charge in [-0.1, -0.05) is 54.1 Å². The highest BCUT2D eigenvalue weighted by Crippen LogP contribution is 2.44. The van der Waals surface area contributed by atoms with E-state index in [2.05, 4.69) is 82.1 Å². The van der Waals surface area contributed by atoms with Crippen LogP contribution in [0, 0.1) is 45.9 Å². The Morgan fingerprint density at radius 2 is 1.56 bits per heavy atom. The van der Waals surface area contributed by atoms with Crippen LogP contribution in [0.1, 0.15) is 64.2 Å². The van der Waals surface area contributed by atoms with E-state index in [4.69, 9.17) is 9.41 Å². The summed E-state index contributed by atoms with van der Waals surface area (Å²) in [5.41, 5.74) is 16.2. The molecule has 0 saturated heterocycles. The highest BCUT2D eigenvalue weighted by molar-refractivity contribution is 6.30. The molecule has 4 nitrogen and oxygen atoms in total. The van der Waals surface area contributed by atoms with Crippen molar-refractivity contribution in [3.05, 3.63) is 116 Å². The van der Waals surface area contributed by atoms with Crippen LogP contribution in [0.5, 0.6) is 0 Å². The second kappa shape index (κ2) is 8.99. The number of aryl methyl sites for hydroxylation is 4. The molecular weight excluding hydrogens is 478 g/mol. The maximum atomic E-state index is 9.89. The van der Waals surface area contributed by atoms with Gasteiger partial charge in [-0.15, -0.1) is 0 Å². The molecule has 0 bridgehead atoms. The molecule has 2 aromatic heterocycles. The van der Waals surface area contributed by atoms with Gasteiger partial charge in [0.2, 0.25) is 0 Å². The van der Waals surface area contributed by atoms with Gasteiger partial charge in [-0.2, -0.15) is 5.26 Å². The molecule has 3 heterocycles. The number of fused-ring (bicyclic) bond motifs is 3. The summed E-state index contributed by atoms with van der Waals surface area (Å²) in [5.74, 6) is 0. The predicted octanol–water partition coefficient (Wildman–Crippen LogP) is 9.04. The molecule has 39 heavy (non-hydrogen) atoms. The fourth-order valence-electron chi connectivity index (χ4n) is 6.39. The molecule has 4 heteroatoms.